The Morgan fingerprint density at radius 3 is 2.38 bits per heavy atom. The molecule has 1 amide bonds. The molecule has 0 bridgehead atoms. The quantitative estimate of drug-likeness (QED) is 0.299. The topological polar surface area (TPSA) is 136 Å². The number of piperidine rings is 1. The van der Waals surface area contributed by atoms with E-state index >= 15 is 0 Å². The van der Waals surface area contributed by atoms with Crippen LogP contribution >= 0.6 is 11.6 Å². The number of nitrogens with one attached hydrogen (secondary N) is 2. The molecule has 0 unspecified atom stereocenters. The number of benzene rings is 1. The van der Waals surface area contributed by atoms with Gasteiger partial charge in [-0.3, -0.25) is 4.79 Å². The molecule has 13 heteroatoms. The smallest absolute Gasteiger partial charge is 0.871 e. The normalized spacial score (nSPS) is 17.6. The number of hydrogen-bond acceptors (Lipinski definition) is 8. The van der Waals surface area contributed by atoms with Crippen molar-refractivity contribution in [2.24, 2.45) is 5.41 Å². The maximum absolute atomic E-state index is 13.2. The average molecular weight is 574 g/mol. The van der Waals surface area contributed by atoms with Gasteiger partial charge in [-0.15, -0.1) is 0 Å². The van der Waals surface area contributed by atoms with Gasteiger partial charge in [-0.25, -0.2) is 4.98 Å². The maximum Gasteiger partial charge on any atom is 1.00 e. The second-order valence-corrected chi connectivity index (χ2v) is 10.9. The minimum atomic E-state index is -2.67. The van der Waals surface area contributed by atoms with Crippen LogP contribution in [0.25, 0.3) is 0 Å². The summed E-state index contributed by atoms with van der Waals surface area (Å²) in [7, 11) is -2.67. The predicted molar refractivity (Wildman–Crippen MR) is 141 cm³/mol. The first-order chi connectivity index (χ1) is 17.7. The number of rotatable bonds is 6. The molecule has 5 rings (SSSR count). The van der Waals surface area contributed by atoms with Gasteiger partial charge in [0.2, 0.25) is 5.95 Å². The molecule has 3 N–H and O–H groups in total. The Balaban J connectivity index is 0.000000834. The molecule has 2 aliphatic carbocycles. The Hall–Kier alpha value is -0.395. The minimum absolute atomic E-state index is 0. The van der Waals surface area contributed by atoms with E-state index in [2.05, 4.69) is 26.6 Å². The summed E-state index contributed by atoms with van der Waals surface area (Å²) in [6.45, 7) is 4.51. The molecule has 2 heterocycles. The van der Waals surface area contributed by atoms with Gasteiger partial charge in [0.25, 0.3) is 5.91 Å². The van der Waals surface area contributed by atoms with Crippen molar-refractivity contribution < 1.29 is 79.0 Å². The summed E-state index contributed by atoms with van der Waals surface area (Å²) in [6, 6.07) is 6.28. The zero-order valence-corrected chi connectivity index (χ0v) is 28.1. The van der Waals surface area contributed by atoms with Gasteiger partial charge < -0.3 is 30.6 Å². The fourth-order valence-electron chi connectivity index (χ4n) is 5.13. The summed E-state index contributed by atoms with van der Waals surface area (Å²) < 4.78 is 0. The van der Waals surface area contributed by atoms with E-state index in [0.717, 1.165) is 42.1 Å². The molecule has 9 nitrogen and oxygen atoms in total. The van der Waals surface area contributed by atoms with Gasteiger partial charge in [0.05, 0.1) is 7.32 Å². The zero-order valence-electron chi connectivity index (χ0n) is 23.3. The van der Waals surface area contributed by atoms with E-state index in [9.17, 15) is 4.79 Å². The molecule has 0 atom stereocenters. The van der Waals surface area contributed by atoms with Crippen LogP contribution < -0.4 is 84.7 Å². The summed E-state index contributed by atoms with van der Waals surface area (Å²) in [6.07, 6.45) is 12.6. The predicted octanol–water partition coefficient (Wildman–Crippen LogP) is -3.81. The number of aryl methyl sites for hydroxylation is 1. The van der Waals surface area contributed by atoms with Gasteiger partial charge in [-0.1, -0.05) is 43.0 Å². The number of anilines is 2. The molecule has 2 aromatic rings. The molecule has 3 aliphatic rings. The van der Waals surface area contributed by atoms with Crippen LogP contribution in [-0.2, 0) is 6.54 Å². The Bertz CT molecular complexity index is 1080. The first-order valence-electron chi connectivity index (χ1n) is 13.2. The number of halogens is 1. The second-order valence-electron chi connectivity index (χ2n) is 10.5. The molecule has 1 spiro atoms. The third-order valence-electron chi connectivity index (χ3n) is 7.72. The number of aromatic nitrogens is 2. The van der Waals surface area contributed by atoms with Crippen LogP contribution in [0.3, 0.4) is 0 Å². The van der Waals surface area contributed by atoms with E-state index < -0.39 is 7.32 Å². The van der Waals surface area contributed by atoms with Crippen LogP contribution in [0.2, 0.25) is 5.02 Å². The summed E-state index contributed by atoms with van der Waals surface area (Å²) in [5.41, 5.74) is 3.22. The van der Waals surface area contributed by atoms with Crippen LogP contribution in [0.4, 0.5) is 11.8 Å². The van der Waals surface area contributed by atoms with Crippen molar-refractivity contribution in [1.82, 2.24) is 15.3 Å². The zero-order chi connectivity index (χ0) is 26.4. The van der Waals surface area contributed by atoms with Crippen molar-refractivity contribution in [3.63, 3.8) is 0 Å². The average Bonchev–Trinajstić information content (AvgIpc) is 3.64. The van der Waals surface area contributed by atoms with Crippen LogP contribution in [0.15, 0.2) is 24.4 Å². The summed E-state index contributed by atoms with van der Waals surface area (Å²) in [4.78, 5) is 24.9. The van der Waals surface area contributed by atoms with Gasteiger partial charge in [-0.05, 0) is 68.1 Å². The molecule has 2 saturated carbocycles. The molecule has 39 heavy (non-hydrogen) atoms. The van der Waals surface area contributed by atoms with Crippen LogP contribution in [0, 0.1) is 12.3 Å². The van der Waals surface area contributed by atoms with Gasteiger partial charge in [0.15, 0.2) is 0 Å². The summed E-state index contributed by atoms with van der Waals surface area (Å²) in [5.74, 6) is 1.22. The minimum Gasteiger partial charge on any atom is -0.871 e. The molecule has 1 aromatic heterocycles. The molecule has 1 aromatic carbocycles. The van der Waals surface area contributed by atoms with E-state index in [1.165, 1.54) is 44.9 Å². The van der Waals surface area contributed by atoms with Gasteiger partial charge in [0, 0.05) is 36.9 Å². The molecule has 1 aliphatic heterocycles. The van der Waals surface area contributed by atoms with Crippen LogP contribution in [-0.4, -0.2) is 47.4 Å². The van der Waals surface area contributed by atoms with Gasteiger partial charge in [-0.2, -0.15) is 4.98 Å². The van der Waals surface area contributed by atoms with E-state index in [-0.39, 0.29) is 71.1 Å². The SMILES string of the molecule is Cc1ccc(CNc2nc(N3CCC4(CC3)CC4)ncc2C(=O)NC2CCCCC2)cc1Cl.[Na+].[Na+].[O-]B([O-])O. The van der Waals surface area contributed by atoms with Crippen molar-refractivity contribution in [2.75, 3.05) is 23.3 Å². The van der Waals surface area contributed by atoms with Crippen LogP contribution in [0.1, 0.15) is 79.3 Å². The van der Waals surface area contributed by atoms with Gasteiger partial charge >= 0.3 is 59.1 Å². The van der Waals surface area contributed by atoms with E-state index in [1.807, 2.05) is 19.1 Å². The molecule has 3 fully saturated rings. The van der Waals surface area contributed by atoms with Gasteiger partial charge in [0.1, 0.15) is 11.4 Å². The van der Waals surface area contributed by atoms with Crippen molar-refractivity contribution in [3.05, 3.63) is 46.1 Å². The monoisotopic (exact) mass is 573 g/mol. The standard InChI is InChI=1S/C26H34ClN5O.BHO3.2Na/c1-18-7-8-19(15-22(18)27)16-28-23-21(24(33)30-20-5-3-2-4-6-20)17-29-25(31-23)32-13-11-26(9-10-26)12-14-32;2-1(3)4;;/h7-8,15,17,20H,2-6,9-14,16H2,1H3,(H,30,33)(H,28,29,31);2H;;/q;-2;2*+1. The van der Waals surface area contributed by atoms with E-state index in [4.69, 9.17) is 31.7 Å². The summed E-state index contributed by atoms with van der Waals surface area (Å²) in [5, 5.41) is 31.4. The maximum atomic E-state index is 13.2. The molecule has 200 valence electrons. The van der Waals surface area contributed by atoms with E-state index in [1.54, 1.807) is 6.20 Å². The molecule has 0 radical (unpaired) electrons. The largest absolute Gasteiger partial charge is 1.00 e. The molecular weight excluding hydrogens is 539 g/mol. The first-order valence-corrected chi connectivity index (χ1v) is 13.5. The van der Waals surface area contributed by atoms with Crippen molar-refractivity contribution in [1.29, 1.82) is 0 Å². The number of carbonyl (C=O) groups excluding carboxylic acids is 1. The molecular formula is C26H35BClN5Na2O4. The third kappa shape index (κ3) is 10.4. The Labute approximate surface area is 280 Å². The number of nitrogens with zero attached hydrogens (tertiary/aromatic N) is 3. The Morgan fingerprint density at radius 1 is 1.15 bits per heavy atom. The molecule has 1 saturated heterocycles. The third-order valence-corrected chi connectivity index (χ3v) is 8.13. The Kier molecular flexibility index (Phi) is 14.5. The van der Waals surface area contributed by atoms with E-state index in [0.29, 0.717) is 29.3 Å². The number of amides is 1. The number of carbonyl (C=O) groups is 1. The fourth-order valence-corrected chi connectivity index (χ4v) is 5.33. The fraction of sp³-hybridized carbons (Fsp3) is 0.577. The van der Waals surface area contributed by atoms with Crippen LogP contribution in [0.5, 0.6) is 0 Å². The Morgan fingerprint density at radius 2 is 1.79 bits per heavy atom. The number of hydrogen-bond donors (Lipinski definition) is 3. The summed E-state index contributed by atoms with van der Waals surface area (Å²) >= 11 is 6.32. The van der Waals surface area contributed by atoms with Crippen molar-refractivity contribution >= 4 is 36.6 Å². The second kappa shape index (κ2) is 16.3. The van der Waals surface area contributed by atoms with Crippen molar-refractivity contribution in [3.8, 4) is 0 Å². The van der Waals surface area contributed by atoms with Crippen molar-refractivity contribution in [2.45, 2.75) is 77.3 Å². The first kappa shape index (κ1) is 34.8.